The van der Waals surface area contributed by atoms with E-state index in [1.165, 1.54) is 12.1 Å². The standard InChI is InChI=1S/C19H20N2O4S2/c1-14(2)19(22)25-12-13-26-17-8-4-15(5-9-17)20-21-16-6-10-18(11-7-16)27(3,23)24/h4-11H,1,12-13H2,2-3H3/b21-20+. The number of thioether (sulfide) groups is 1. The van der Waals surface area contributed by atoms with Gasteiger partial charge in [0.25, 0.3) is 0 Å². The molecule has 0 atom stereocenters. The maximum absolute atomic E-state index is 11.4. The van der Waals surface area contributed by atoms with E-state index in [0.29, 0.717) is 29.3 Å². The summed E-state index contributed by atoms with van der Waals surface area (Å²) in [6, 6.07) is 13.7. The lowest BCUT2D eigenvalue weighted by molar-refractivity contribution is -0.138. The molecular formula is C19H20N2O4S2. The molecule has 142 valence electrons. The van der Waals surface area contributed by atoms with Gasteiger partial charge in [0.1, 0.15) is 6.61 Å². The number of esters is 1. The molecule has 0 saturated heterocycles. The topological polar surface area (TPSA) is 85.2 Å². The molecule has 0 heterocycles. The molecule has 0 amide bonds. The molecule has 0 saturated carbocycles. The zero-order valence-corrected chi connectivity index (χ0v) is 16.7. The zero-order chi connectivity index (χ0) is 19.9. The number of nitrogens with zero attached hydrogens (tertiary/aromatic N) is 2. The van der Waals surface area contributed by atoms with E-state index in [0.717, 1.165) is 11.2 Å². The van der Waals surface area contributed by atoms with Gasteiger partial charge in [-0.15, -0.1) is 11.8 Å². The van der Waals surface area contributed by atoms with E-state index in [4.69, 9.17) is 4.74 Å². The summed E-state index contributed by atoms with van der Waals surface area (Å²) < 4.78 is 27.9. The Labute approximate surface area is 163 Å². The van der Waals surface area contributed by atoms with Crippen LogP contribution in [0.4, 0.5) is 11.4 Å². The van der Waals surface area contributed by atoms with Gasteiger partial charge in [0, 0.05) is 22.5 Å². The van der Waals surface area contributed by atoms with Gasteiger partial charge >= 0.3 is 5.97 Å². The predicted octanol–water partition coefficient (Wildman–Crippen LogP) is 4.72. The molecule has 2 aromatic rings. The fourth-order valence-electron chi connectivity index (χ4n) is 1.90. The van der Waals surface area contributed by atoms with Gasteiger partial charge in [-0.1, -0.05) is 6.58 Å². The molecule has 27 heavy (non-hydrogen) atoms. The summed E-state index contributed by atoms with van der Waals surface area (Å²) >= 11 is 1.57. The number of hydrogen-bond donors (Lipinski definition) is 0. The van der Waals surface area contributed by atoms with E-state index in [9.17, 15) is 13.2 Å². The first-order valence-corrected chi connectivity index (χ1v) is 10.9. The van der Waals surface area contributed by atoms with Crippen molar-refractivity contribution < 1.29 is 17.9 Å². The molecule has 0 unspecified atom stereocenters. The number of benzene rings is 2. The van der Waals surface area contributed by atoms with Crippen molar-refractivity contribution in [1.29, 1.82) is 0 Å². The van der Waals surface area contributed by atoms with E-state index < -0.39 is 9.84 Å². The van der Waals surface area contributed by atoms with Crippen LogP contribution >= 0.6 is 11.8 Å². The Morgan fingerprint density at radius 3 is 2.04 bits per heavy atom. The van der Waals surface area contributed by atoms with Gasteiger partial charge in [0.05, 0.1) is 16.3 Å². The number of rotatable bonds is 8. The van der Waals surface area contributed by atoms with Crippen LogP contribution in [0.1, 0.15) is 6.92 Å². The highest BCUT2D eigenvalue weighted by Crippen LogP contribution is 2.24. The van der Waals surface area contributed by atoms with Crippen molar-refractivity contribution in [3.63, 3.8) is 0 Å². The monoisotopic (exact) mass is 404 g/mol. The van der Waals surface area contributed by atoms with Crippen LogP contribution < -0.4 is 0 Å². The Kier molecular flexibility index (Phi) is 7.32. The van der Waals surface area contributed by atoms with Gasteiger partial charge in [0.2, 0.25) is 0 Å². The average molecular weight is 405 g/mol. The highest BCUT2D eigenvalue weighted by molar-refractivity contribution is 7.99. The Bertz CT molecular complexity index is 935. The van der Waals surface area contributed by atoms with Crippen LogP contribution in [-0.4, -0.2) is 33.0 Å². The lowest BCUT2D eigenvalue weighted by Gasteiger charge is -2.04. The zero-order valence-electron chi connectivity index (χ0n) is 15.1. The molecular weight excluding hydrogens is 384 g/mol. The smallest absolute Gasteiger partial charge is 0.333 e. The predicted molar refractivity (Wildman–Crippen MR) is 107 cm³/mol. The molecule has 0 aliphatic heterocycles. The van der Waals surface area contributed by atoms with Gasteiger partial charge in [-0.2, -0.15) is 10.2 Å². The molecule has 2 aromatic carbocycles. The van der Waals surface area contributed by atoms with Gasteiger partial charge in [-0.3, -0.25) is 0 Å². The summed E-state index contributed by atoms with van der Waals surface area (Å²) in [6.07, 6.45) is 1.16. The largest absolute Gasteiger partial charge is 0.461 e. The molecule has 0 fully saturated rings. The summed E-state index contributed by atoms with van der Waals surface area (Å²) in [5.41, 5.74) is 1.64. The second-order valence-electron chi connectivity index (χ2n) is 5.72. The van der Waals surface area contributed by atoms with Gasteiger partial charge < -0.3 is 4.74 Å². The first-order valence-electron chi connectivity index (χ1n) is 8.03. The molecule has 0 aromatic heterocycles. The summed E-state index contributed by atoms with van der Waals surface area (Å²) in [5.74, 6) is 0.267. The van der Waals surface area contributed by atoms with E-state index >= 15 is 0 Å². The first kappa shape index (κ1) is 20.9. The second kappa shape index (κ2) is 9.48. The minimum Gasteiger partial charge on any atom is -0.461 e. The fourth-order valence-corrected chi connectivity index (χ4v) is 3.26. The molecule has 8 heteroatoms. The van der Waals surface area contributed by atoms with Crippen LogP contribution in [0, 0.1) is 0 Å². The first-order chi connectivity index (χ1) is 12.8. The Hall–Kier alpha value is -2.45. The van der Waals surface area contributed by atoms with Crippen LogP contribution in [0.3, 0.4) is 0 Å². The molecule has 0 N–H and O–H groups in total. The minimum absolute atomic E-state index is 0.247. The van der Waals surface area contributed by atoms with Crippen molar-refractivity contribution >= 4 is 38.9 Å². The van der Waals surface area contributed by atoms with Gasteiger partial charge in [-0.05, 0) is 55.5 Å². The maximum atomic E-state index is 11.4. The summed E-state index contributed by atoms with van der Waals surface area (Å²) in [6.45, 7) is 5.46. The Balaban J connectivity index is 1.87. The minimum atomic E-state index is -3.22. The van der Waals surface area contributed by atoms with E-state index in [1.54, 1.807) is 30.8 Å². The number of carbonyl (C=O) groups is 1. The number of carbonyl (C=O) groups excluding carboxylic acids is 1. The summed E-state index contributed by atoms with van der Waals surface area (Å²) in [4.78, 5) is 12.5. The molecule has 0 aliphatic carbocycles. The average Bonchev–Trinajstić information content (AvgIpc) is 2.64. The lowest BCUT2D eigenvalue weighted by Crippen LogP contribution is -2.07. The van der Waals surface area contributed by atoms with Crippen molar-refractivity contribution in [1.82, 2.24) is 0 Å². The third kappa shape index (κ3) is 6.99. The normalized spacial score (nSPS) is 11.5. The molecule has 2 rings (SSSR count). The van der Waals surface area contributed by atoms with Crippen molar-refractivity contribution in [2.75, 3.05) is 18.6 Å². The molecule has 0 radical (unpaired) electrons. The lowest BCUT2D eigenvalue weighted by atomic mass is 10.3. The molecule has 0 bridgehead atoms. The number of ether oxygens (including phenoxy) is 1. The summed E-state index contributed by atoms with van der Waals surface area (Å²) in [7, 11) is -3.22. The van der Waals surface area contributed by atoms with Crippen LogP contribution in [0.25, 0.3) is 0 Å². The highest BCUT2D eigenvalue weighted by Gasteiger charge is 2.06. The number of sulfone groups is 1. The van der Waals surface area contributed by atoms with E-state index in [2.05, 4.69) is 16.8 Å². The van der Waals surface area contributed by atoms with Crippen LogP contribution in [0.2, 0.25) is 0 Å². The maximum Gasteiger partial charge on any atom is 0.333 e. The highest BCUT2D eigenvalue weighted by atomic mass is 32.2. The quantitative estimate of drug-likeness (QED) is 0.209. The van der Waals surface area contributed by atoms with Crippen LogP contribution in [-0.2, 0) is 19.4 Å². The Morgan fingerprint density at radius 1 is 1.04 bits per heavy atom. The third-order valence-electron chi connectivity index (χ3n) is 3.32. The van der Waals surface area contributed by atoms with E-state index in [-0.39, 0.29) is 10.9 Å². The fraction of sp³-hybridized carbons (Fsp3) is 0.211. The van der Waals surface area contributed by atoms with Crippen molar-refractivity contribution in [2.45, 2.75) is 16.7 Å². The van der Waals surface area contributed by atoms with Crippen LogP contribution in [0.15, 0.2) is 80.7 Å². The number of hydrogen-bond acceptors (Lipinski definition) is 7. The van der Waals surface area contributed by atoms with Crippen LogP contribution in [0.5, 0.6) is 0 Å². The molecule has 6 nitrogen and oxygen atoms in total. The van der Waals surface area contributed by atoms with Crippen molar-refractivity contribution in [2.24, 2.45) is 10.2 Å². The third-order valence-corrected chi connectivity index (χ3v) is 5.42. The molecule has 0 aliphatic rings. The summed E-state index contributed by atoms with van der Waals surface area (Å²) in [5, 5.41) is 8.23. The number of azo groups is 1. The molecule has 0 spiro atoms. The van der Waals surface area contributed by atoms with E-state index in [1.807, 2.05) is 24.3 Å². The van der Waals surface area contributed by atoms with Gasteiger partial charge in [-0.25, -0.2) is 13.2 Å². The van der Waals surface area contributed by atoms with Crippen molar-refractivity contribution in [3.8, 4) is 0 Å². The van der Waals surface area contributed by atoms with Gasteiger partial charge in [0.15, 0.2) is 9.84 Å². The van der Waals surface area contributed by atoms with Crippen molar-refractivity contribution in [3.05, 3.63) is 60.7 Å². The Morgan fingerprint density at radius 2 is 1.56 bits per heavy atom. The SMILES string of the molecule is C=C(C)C(=O)OCCSc1ccc(/N=N/c2ccc(S(C)(=O)=O)cc2)cc1. The second-order valence-corrected chi connectivity index (χ2v) is 8.91.